The van der Waals surface area contributed by atoms with Crippen molar-refractivity contribution in [3.05, 3.63) is 35.7 Å². The van der Waals surface area contributed by atoms with Gasteiger partial charge in [-0.2, -0.15) is 13.2 Å². The number of halogens is 3. The number of alkyl halides is 3. The van der Waals surface area contributed by atoms with Gasteiger partial charge in [0.1, 0.15) is 0 Å². The highest BCUT2D eigenvalue weighted by atomic mass is 32.2. The fourth-order valence-electron chi connectivity index (χ4n) is 0.948. The van der Waals surface area contributed by atoms with Crippen LogP contribution in [0.25, 0.3) is 0 Å². The molecule has 0 saturated heterocycles. The summed E-state index contributed by atoms with van der Waals surface area (Å²) >= 11 is -0.0831. The van der Waals surface area contributed by atoms with Crippen molar-refractivity contribution in [1.29, 1.82) is 0 Å². The lowest BCUT2D eigenvalue weighted by Crippen LogP contribution is -1.98. The maximum absolute atomic E-state index is 11.9. The molecule has 0 spiro atoms. The monoisotopic (exact) mass is 188 g/mol. The molecule has 62 valence electrons. The second kappa shape index (κ2) is 2.42. The lowest BCUT2D eigenvalue weighted by molar-refractivity contribution is -0.0328. The topological polar surface area (TPSA) is 0 Å². The van der Waals surface area contributed by atoms with Crippen LogP contribution in [0.4, 0.5) is 13.2 Å². The summed E-state index contributed by atoms with van der Waals surface area (Å²) in [6.45, 7) is 0. The Morgan fingerprint density at radius 2 is 2.00 bits per heavy atom. The smallest absolute Gasteiger partial charge is 0.160 e. The third kappa shape index (κ3) is 1.58. The third-order valence-corrected chi connectivity index (χ3v) is 2.24. The number of rotatable bonds is 1. The molecule has 0 heterocycles. The number of hydrogen-bond acceptors (Lipinski definition) is 1. The average molecular weight is 188 g/mol. The minimum Gasteiger partial charge on any atom is -0.160 e. The van der Waals surface area contributed by atoms with Crippen LogP contribution >= 0.6 is 11.8 Å². The Bertz CT molecular complexity index is 317. The molecule has 0 fully saturated rings. The zero-order valence-corrected chi connectivity index (χ0v) is 6.59. The van der Waals surface area contributed by atoms with E-state index in [9.17, 15) is 13.2 Å². The van der Waals surface area contributed by atoms with E-state index in [0.29, 0.717) is 5.56 Å². The van der Waals surface area contributed by atoms with E-state index in [-0.39, 0.29) is 16.7 Å². The van der Waals surface area contributed by atoms with Crippen LogP contribution in [0.2, 0.25) is 0 Å². The molecule has 0 aliphatic heterocycles. The molecular formula is C8H3F3S. The Morgan fingerprint density at radius 3 is 2.67 bits per heavy atom. The zero-order valence-electron chi connectivity index (χ0n) is 5.77. The van der Waals surface area contributed by atoms with Crippen molar-refractivity contribution in [1.82, 2.24) is 0 Å². The van der Waals surface area contributed by atoms with Crippen molar-refractivity contribution in [3.8, 4) is 0 Å². The van der Waals surface area contributed by atoms with Crippen molar-refractivity contribution in [2.75, 3.05) is 0 Å². The highest BCUT2D eigenvalue weighted by Crippen LogP contribution is 2.45. The fraction of sp³-hybridized carbons (Fsp3) is 0.125. The van der Waals surface area contributed by atoms with E-state index in [1.54, 1.807) is 12.1 Å². The summed E-state index contributed by atoms with van der Waals surface area (Å²) in [7, 11) is 0. The number of benzene rings is 1. The van der Waals surface area contributed by atoms with Crippen LogP contribution in [-0.2, 0) is 0 Å². The second-order valence-corrected chi connectivity index (χ2v) is 3.46. The Kier molecular flexibility index (Phi) is 1.61. The summed E-state index contributed by atoms with van der Waals surface area (Å²) in [6.07, 6.45) is 2.76. The van der Waals surface area contributed by atoms with E-state index in [0.717, 1.165) is 5.56 Å². The molecule has 2 rings (SSSR count). The van der Waals surface area contributed by atoms with Crippen LogP contribution in [0.5, 0.6) is 0 Å². The minimum absolute atomic E-state index is 0.0831. The number of hydrogen-bond donors (Lipinski definition) is 0. The lowest BCUT2D eigenvalue weighted by atomic mass is 10.4. The number of thioether (sulfide) groups is 1. The van der Waals surface area contributed by atoms with Crippen molar-refractivity contribution >= 4 is 11.8 Å². The first-order valence-corrected chi connectivity index (χ1v) is 4.04. The molecule has 0 N–H and O–H groups in total. The highest BCUT2D eigenvalue weighted by molar-refractivity contribution is 8.00. The molecule has 0 atom stereocenters. The molecule has 0 amide bonds. The van der Waals surface area contributed by atoms with E-state index in [1.165, 1.54) is 6.07 Å². The van der Waals surface area contributed by atoms with Gasteiger partial charge >= 0.3 is 5.51 Å². The molecule has 1 aliphatic carbocycles. The van der Waals surface area contributed by atoms with Gasteiger partial charge in [-0.05, 0) is 29.0 Å². The van der Waals surface area contributed by atoms with Crippen molar-refractivity contribution in [2.24, 2.45) is 0 Å². The second-order valence-electron chi connectivity index (χ2n) is 2.35. The van der Waals surface area contributed by atoms with Gasteiger partial charge in [0.2, 0.25) is 0 Å². The zero-order chi connectivity index (χ0) is 8.77. The molecule has 12 heavy (non-hydrogen) atoms. The molecule has 0 aromatic heterocycles. The van der Waals surface area contributed by atoms with Crippen LogP contribution in [-0.4, -0.2) is 5.51 Å². The van der Waals surface area contributed by atoms with Crippen LogP contribution in [0, 0.1) is 6.42 Å². The lowest BCUT2D eigenvalue weighted by Gasteiger charge is -2.03. The predicted molar refractivity (Wildman–Crippen MR) is 39.8 cm³/mol. The Hall–Kier alpha value is -0.640. The summed E-state index contributed by atoms with van der Waals surface area (Å²) in [4.78, 5) is 0.250. The van der Waals surface area contributed by atoms with Crippen molar-refractivity contribution in [2.45, 2.75) is 10.4 Å². The van der Waals surface area contributed by atoms with E-state index in [2.05, 4.69) is 6.42 Å². The van der Waals surface area contributed by atoms with E-state index in [1.807, 2.05) is 0 Å². The van der Waals surface area contributed by atoms with Crippen molar-refractivity contribution < 1.29 is 13.2 Å². The summed E-state index contributed by atoms with van der Waals surface area (Å²) in [5.74, 6) is 0. The number of fused-ring (bicyclic) bond motifs is 1. The largest absolute Gasteiger partial charge is 0.446 e. The normalized spacial score (nSPS) is 14.2. The van der Waals surface area contributed by atoms with E-state index in [4.69, 9.17) is 0 Å². The highest BCUT2D eigenvalue weighted by Gasteiger charge is 2.33. The molecule has 2 radical (unpaired) electrons. The van der Waals surface area contributed by atoms with Gasteiger partial charge < -0.3 is 0 Å². The SMILES string of the molecule is FC(F)(F)Sc1cccc2c1[C]2. The van der Waals surface area contributed by atoms with Gasteiger partial charge in [-0.15, -0.1) is 0 Å². The Balaban J connectivity index is 2.22. The van der Waals surface area contributed by atoms with Gasteiger partial charge in [-0.1, -0.05) is 12.1 Å². The van der Waals surface area contributed by atoms with Gasteiger partial charge in [0.05, 0.1) is 6.42 Å². The van der Waals surface area contributed by atoms with Crippen molar-refractivity contribution in [3.63, 3.8) is 0 Å². The Labute approximate surface area is 71.8 Å². The molecule has 0 bridgehead atoms. The molecule has 1 aliphatic rings. The standard InChI is InChI=1S/C8H3F3S/c9-8(10,11)12-7-3-1-2-5-4-6(5)7/h1-3H. The van der Waals surface area contributed by atoms with Gasteiger partial charge in [-0.3, -0.25) is 0 Å². The molecule has 0 unspecified atom stereocenters. The van der Waals surface area contributed by atoms with Gasteiger partial charge in [-0.25, -0.2) is 0 Å². The van der Waals surface area contributed by atoms with Crippen LogP contribution < -0.4 is 0 Å². The van der Waals surface area contributed by atoms with Crippen LogP contribution in [0.3, 0.4) is 0 Å². The minimum atomic E-state index is -4.20. The van der Waals surface area contributed by atoms with E-state index >= 15 is 0 Å². The van der Waals surface area contributed by atoms with Crippen LogP contribution in [0.1, 0.15) is 11.1 Å². The molecule has 4 heteroatoms. The summed E-state index contributed by atoms with van der Waals surface area (Å²) in [5.41, 5.74) is -2.79. The average Bonchev–Trinajstić information content (AvgIpc) is 2.62. The molecule has 1 aromatic carbocycles. The fourth-order valence-corrected chi connectivity index (χ4v) is 1.61. The summed E-state index contributed by atoms with van der Waals surface area (Å²) < 4.78 is 35.6. The van der Waals surface area contributed by atoms with E-state index < -0.39 is 5.51 Å². The first-order chi connectivity index (χ1) is 5.56. The molecule has 0 saturated carbocycles. The molecular weight excluding hydrogens is 185 g/mol. The first kappa shape index (κ1) is 7.98. The van der Waals surface area contributed by atoms with Gasteiger partial charge in [0.25, 0.3) is 0 Å². The summed E-state index contributed by atoms with van der Waals surface area (Å²) in [6, 6.07) is 4.81. The predicted octanol–water partition coefficient (Wildman–Crippen LogP) is 3.09. The van der Waals surface area contributed by atoms with Gasteiger partial charge in [0.15, 0.2) is 0 Å². The van der Waals surface area contributed by atoms with Crippen LogP contribution in [0.15, 0.2) is 23.1 Å². The quantitative estimate of drug-likeness (QED) is 0.619. The Morgan fingerprint density at radius 1 is 1.25 bits per heavy atom. The summed E-state index contributed by atoms with van der Waals surface area (Å²) in [5, 5.41) is 0. The maximum Gasteiger partial charge on any atom is 0.446 e. The molecule has 0 nitrogen and oxygen atoms in total. The van der Waals surface area contributed by atoms with Gasteiger partial charge in [0, 0.05) is 4.90 Å². The molecule has 1 aromatic rings. The third-order valence-electron chi connectivity index (χ3n) is 1.45. The first-order valence-electron chi connectivity index (χ1n) is 3.22. The maximum atomic E-state index is 11.9.